The topological polar surface area (TPSA) is 52.6 Å². The standard InChI is InChI=1S/C29H31FN2O2S2/c1-3-35-24-12-4-20(5-13-24)26(32-18-28(2,34)19-32)27(33)31-23-10-6-21(7-11-23)29(16-17-29)36-25-14-8-22(30)9-15-25/h4-15,26,34H,3,16-19H2,1-2H3,(H,31,33). The maximum absolute atomic E-state index is 13.5. The minimum atomic E-state index is -0.765. The van der Waals surface area contributed by atoms with E-state index in [2.05, 4.69) is 36.5 Å². The lowest BCUT2D eigenvalue weighted by atomic mass is 9.91. The van der Waals surface area contributed by atoms with Crippen molar-refractivity contribution in [3.63, 3.8) is 0 Å². The zero-order valence-electron chi connectivity index (χ0n) is 20.5. The van der Waals surface area contributed by atoms with E-state index < -0.39 is 11.6 Å². The zero-order valence-corrected chi connectivity index (χ0v) is 22.2. The van der Waals surface area contributed by atoms with Crippen LogP contribution >= 0.6 is 23.5 Å². The van der Waals surface area contributed by atoms with Crippen LogP contribution in [0, 0.1) is 5.82 Å². The molecule has 1 atom stereocenters. The second-order valence-electron chi connectivity index (χ2n) is 9.92. The summed E-state index contributed by atoms with van der Waals surface area (Å²) >= 11 is 3.54. The fourth-order valence-electron chi connectivity index (χ4n) is 4.81. The van der Waals surface area contributed by atoms with Gasteiger partial charge in [0.25, 0.3) is 0 Å². The second kappa shape index (κ2) is 10.2. The van der Waals surface area contributed by atoms with Crippen LogP contribution in [0.15, 0.2) is 82.6 Å². The third kappa shape index (κ3) is 5.65. The SMILES string of the molecule is CCSc1ccc(C(C(=O)Nc2ccc(C3(Sc4ccc(F)cc4)CC3)cc2)N2CC(C)(O)C2)cc1. The molecule has 1 aliphatic heterocycles. The van der Waals surface area contributed by atoms with Gasteiger partial charge in [0.05, 0.1) is 5.60 Å². The number of carbonyl (C=O) groups is 1. The first-order valence-corrected chi connectivity index (χ1v) is 14.1. The minimum Gasteiger partial charge on any atom is -0.388 e. The molecule has 7 heteroatoms. The van der Waals surface area contributed by atoms with Crippen LogP contribution in [0.25, 0.3) is 0 Å². The third-order valence-corrected chi connectivity index (χ3v) is 9.15. The van der Waals surface area contributed by atoms with Crippen molar-refractivity contribution in [3.05, 3.63) is 89.7 Å². The molecule has 2 N–H and O–H groups in total. The van der Waals surface area contributed by atoms with Crippen LogP contribution in [0.5, 0.6) is 0 Å². The molecular weight excluding hydrogens is 491 g/mol. The number of amides is 1. The molecule has 0 radical (unpaired) electrons. The summed E-state index contributed by atoms with van der Waals surface area (Å²) < 4.78 is 13.3. The lowest BCUT2D eigenvalue weighted by Crippen LogP contribution is -2.62. The number of benzene rings is 3. The Bertz CT molecular complexity index is 1200. The van der Waals surface area contributed by atoms with Gasteiger partial charge in [-0.3, -0.25) is 9.69 Å². The van der Waals surface area contributed by atoms with Gasteiger partial charge in [0.1, 0.15) is 11.9 Å². The summed E-state index contributed by atoms with van der Waals surface area (Å²) in [5, 5.41) is 13.4. The number of thioether (sulfide) groups is 2. The molecule has 188 valence electrons. The lowest BCUT2D eigenvalue weighted by molar-refractivity contribution is -0.136. The van der Waals surface area contributed by atoms with Gasteiger partial charge in [-0.1, -0.05) is 31.2 Å². The van der Waals surface area contributed by atoms with Gasteiger partial charge in [-0.2, -0.15) is 0 Å². The Morgan fingerprint density at radius 3 is 2.17 bits per heavy atom. The number of likely N-dealkylation sites (tertiary alicyclic amines) is 1. The Hall–Kier alpha value is -2.32. The highest BCUT2D eigenvalue weighted by Crippen LogP contribution is 2.59. The molecule has 5 rings (SSSR count). The average Bonchev–Trinajstić information content (AvgIpc) is 3.62. The highest BCUT2D eigenvalue weighted by atomic mass is 32.2. The molecule has 3 aromatic carbocycles. The number of nitrogens with zero attached hydrogens (tertiary/aromatic N) is 1. The van der Waals surface area contributed by atoms with E-state index in [1.807, 2.05) is 41.3 Å². The molecular formula is C29H31FN2O2S2. The zero-order chi connectivity index (χ0) is 25.3. The summed E-state index contributed by atoms with van der Waals surface area (Å²) in [4.78, 5) is 17.7. The molecule has 0 bridgehead atoms. The molecule has 4 nitrogen and oxygen atoms in total. The van der Waals surface area contributed by atoms with Gasteiger partial charge < -0.3 is 10.4 Å². The van der Waals surface area contributed by atoms with Crippen molar-refractivity contribution in [2.75, 3.05) is 24.2 Å². The molecule has 1 saturated heterocycles. The summed E-state index contributed by atoms with van der Waals surface area (Å²) in [7, 11) is 0. The maximum Gasteiger partial charge on any atom is 0.246 e. The van der Waals surface area contributed by atoms with Gasteiger partial charge in [0.15, 0.2) is 0 Å². The van der Waals surface area contributed by atoms with E-state index in [1.165, 1.54) is 22.6 Å². The third-order valence-electron chi connectivity index (χ3n) is 6.72. The number of carbonyl (C=O) groups excluding carboxylic acids is 1. The van der Waals surface area contributed by atoms with E-state index in [-0.39, 0.29) is 16.5 Å². The minimum absolute atomic E-state index is 0.0182. The lowest BCUT2D eigenvalue weighted by Gasteiger charge is -2.47. The molecule has 36 heavy (non-hydrogen) atoms. The van der Waals surface area contributed by atoms with Gasteiger partial charge in [-0.05, 0) is 85.2 Å². The van der Waals surface area contributed by atoms with Crippen molar-refractivity contribution in [2.45, 2.75) is 52.9 Å². The number of β-amino-alcohol motifs (C(OH)–C–C–N with tert-alkyl or cyclic N) is 1. The first-order chi connectivity index (χ1) is 17.3. The predicted molar refractivity (Wildman–Crippen MR) is 146 cm³/mol. The van der Waals surface area contributed by atoms with E-state index in [1.54, 1.807) is 30.4 Å². The predicted octanol–water partition coefficient (Wildman–Crippen LogP) is 6.47. The van der Waals surface area contributed by atoms with Crippen LogP contribution in [0.4, 0.5) is 10.1 Å². The van der Waals surface area contributed by atoms with Crippen LogP contribution in [-0.4, -0.2) is 40.4 Å². The molecule has 0 aromatic heterocycles. The number of anilines is 1. The first-order valence-electron chi connectivity index (χ1n) is 12.3. The number of hydrogen-bond acceptors (Lipinski definition) is 5. The van der Waals surface area contributed by atoms with Crippen molar-refractivity contribution in [3.8, 4) is 0 Å². The number of nitrogens with one attached hydrogen (secondary N) is 1. The van der Waals surface area contributed by atoms with Crippen molar-refractivity contribution in [1.82, 2.24) is 4.90 Å². The van der Waals surface area contributed by atoms with Crippen LogP contribution in [-0.2, 0) is 9.54 Å². The molecule has 1 unspecified atom stereocenters. The van der Waals surface area contributed by atoms with Crippen molar-refractivity contribution in [2.24, 2.45) is 0 Å². The van der Waals surface area contributed by atoms with Gasteiger partial charge in [-0.15, -0.1) is 23.5 Å². The second-order valence-corrected chi connectivity index (χ2v) is 12.7. The molecule has 3 aromatic rings. The summed E-state index contributed by atoms with van der Waals surface area (Å²) in [6.07, 6.45) is 2.15. The average molecular weight is 523 g/mol. The molecule has 2 aliphatic rings. The van der Waals surface area contributed by atoms with Crippen LogP contribution in [0.2, 0.25) is 0 Å². The molecule has 1 heterocycles. The van der Waals surface area contributed by atoms with E-state index >= 15 is 0 Å². The van der Waals surface area contributed by atoms with E-state index in [4.69, 9.17) is 0 Å². The summed E-state index contributed by atoms with van der Waals surface area (Å²) in [6, 6.07) is 22.4. The first kappa shape index (κ1) is 25.3. The van der Waals surface area contributed by atoms with Gasteiger partial charge >= 0.3 is 0 Å². The largest absolute Gasteiger partial charge is 0.388 e. The monoisotopic (exact) mass is 522 g/mol. The van der Waals surface area contributed by atoms with Crippen molar-refractivity contribution < 1.29 is 14.3 Å². The van der Waals surface area contributed by atoms with Crippen LogP contribution in [0.1, 0.15) is 43.9 Å². The number of aliphatic hydroxyl groups is 1. The van der Waals surface area contributed by atoms with Gasteiger partial charge in [-0.25, -0.2) is 4.39 Å². The Morgan fingerprint density at radius 2 is 1.61 bits per heavy atom. The molecule has 1 saturated carbocycles. The normalized spacial score (nSPS) is 18.8. The highest BCUT2D eigenvalue weighted by molar-refractivity contribution is 8.00. The van der Waals surface area contributed by atoms with Crippen molar-refractivity contribution in [1.29, 1.82) is 0 Å². The summed E-state index contributed by atoms with van der Waals surface area (Å²) in [6.45, 7) is 4.84. The number of hydrogen-bond donors (Lipinski definition) is 2. The smallest absolute Gasteiger partial charge is 0.246 e. The Kier molecular flexibility index (Phi) is 7.18. The molecule has 2 fully saturated rings. The Morgan fingerprint density at radius 1 is 1.00 bits per heavy atom. The van der Waals surface area contributed by atoms with Crippen molar-refractivity contribution >= 4 is 35.1 Å². The van der Waals surface area contributed by atoms with E-state index in [0.717, 1.165) is 34.7 Å². The van der Waals surface area contributed by atoms with Gasteiger partial charge in [0, 0.05) is 33.3 Å². The summed E-state index contributed by atoms with van der Waals surface area (Å²) in [5.41, 5.74) is 2.13. The Labute approximate surface area is 220 Å². The van der Waals surface area contributed by atoms with Crippen LogP contribution < -0.4 is 5.32 Å². The van der Waals surface area contributed by atoms with E-state index in [9.17, 15) is 14.3 Å². The molecule has 0 spiro atoms. The number of rotatable bonds is 9. The molecule has 1 aliphatic carbocycles. The van der Waals surface area contributed by atoms with Gasteiger partial charge in [0.2, 0.25) is 5.91 Å². The fraction of sp³-hybridized carbons (Fsp3) is 0.345. The van der Waals surface area contributed by atoms with E-state index in [0.29, 0.717) is 13.1 Å². The highest BCUT2D eigenvalue weighted by Gasteiger charge is 2.46. The maximum atomic E-state index is 13.5. The summed E-state index contributed by atoms with van der Waals surface area (Å²) in [5.74, 6) is 0.675. The van der Waals surface area contributed by atoms with Crippen LogP contribution in [0.3, 0.4) is 0 Å². The Balaban J connectivity index is 1.29. The fourth-order valence-corrected chi connectivity index (χ4v) is 6.76. The molecule has 1 amide bonds. The number of halogens is 1. The quantitative estimate of drug-likeness (QED) is 0.316.